The summed E-state index contributed by atoms with van der Waals surface area (Å²) in [6.07, 6.45) is 2.88. The molecule has 2 rings (SSSR count). The number of nitrogens with one attached hydrogen (secondary N) is 1. The smallest absolute Gasteiger partial charge is 0.0468 e. The fourth-order valence-electron chi connectivity index (χ4n) is 1.64. The summed E-state index contributed by atoms with van der Waals surface area (Å²) in [5.41, 5.74) is 8.20. The zero-order valence-corrected chi connectivity index (χ0v) is 9.64. The van der Waals surface area contributed by atoms with Gasteiger partial charge in [-0.05, 0) is 40.9 Å². The number of nitrogens with two attached hydrogens (primary N) is 1. The van der Waals surface area contributed by atoms with Crippen molar-refractivity contribution < 1.29 is 0 Å². The second kappa shape index (κ2) is 3.75. The van der Waals surface area contributed by atoms with Gasteiger partial charge in [0.1, 0.15) is 0 Å². The fraction of sp³-hybridized carbons (Fsp3) is 0.273. The van der Waals surface area contributed by atoms with Gasteiger partial charge in [0.15, 0.2) is 0 Å². The molecule has 0 aliphatic heterocycles. The lowest BCUT2D eigenvalue weighted by Crippen LogP contribution is -2.17. The van der Waals surface area contributed by atoms with Crippen LogP contribution in [0.1, 0.15) is 12.5 Å². The highest BCUT2D eigenvalue weighted by Gasteiger charge is 2.03. The molecular formula is C11H13BrN2. The Morgan fingerprint density at radius 2 is 2.29 bits per heavy atom. The van der Waals surface area contributed by atoms with Gasteiger partial charge in [-0.3, -0.25) is 0 Å². The Kier molecular flexibility index (Phi) is 2.61. The van der Waals surface area contributed by atoms with Crippen LogP contribution in [0.4, 0.5) is 0 Å². The van der Waals surface area contributed by atoms with Crippen LogP contribution >= 0.6 is 15.9 Å². The first-order chi connectivity index (χ1) is 6.66. The highest BCUT2D eigenvalue weighted by atomic mass is 79.9. The zero-order valence-electron chi connectivity index (χ0n) is 8.05. The minimum atomic E-state index is 0.214. The van der Waals surface area contributed by atoms with Crippen LogP contribution in [0.3, 0.4) is 0 Å². The summed E-state index contributed by atoms with van der Waals surface area (Å²) in [7, 11) is 0. The molecule has 3 heteroatoms. The van der Waals surface area contributed by atoms with Gasteiger partial charge in [-0.25, -0.2) is 0 Å². The Bertz CT molecular complexity index is 445. The van der Waals surface area contributed by atoms with E-state index in [9.17, 15) is 0 Å². The van der Waals surface area contributed by atoms with Crippen LogP contribution in [0.15, 0.2) is 28.9 Å². The molecule has 74 valence electrons. The van der Waals surface area contributed by atoms with Gasteiger partial charge in [-0.2, -0.15) is 0 Å². The third-order valence-electron chi connectivity index (χ3n) is 2.25. The first-order valence-corrected chi connectivity index (χ1v) is 5.47. The number of fused-ring (bicyclic) bond motifs is 1. The zero-order chi connectivity index (χ0) is 10.1. The summed E-state index contributed by atoms with van der Waals surface area (Å²) in [4.78, 5) is 3.21. The third kappa shape index (κ3) is 1.83. The van der Waals surface area contributed by atoms with Gasteiger partial charge in [0.05, 0.1) is 0 Å². The molecule has 1 atom stereocenters. The molecule has 0 aliphatic carbocycles. The molecule has 0 amide bonds. The second-order valence-electron chi connectivity index (χ2n) is 3.70. The summed E-state index contributed by atoms with van der Waals surface area (Å²) >= 11 is 3.49. The molecule has 2 aromatic rings. The Labute approximate surface area is 91.6 Å². The van der Waals surface area contributed by atoms with Crippen molar-refractivity contribution >= 4 is 26.8 Å². The van der Waals surface area contributed by atoms with Gasteiger partial charge in [-0.15, -0.1) is 0 Å². The van der Waals surface area contributed by atoms with Crippen molar-refractivity contribution in [3.63, 3.8) is 0 Å². The van der Waals surface area contributed by atoms with Crippen LogP contribution in [0.5, 0.6) is 0 Å². The van der Waals surface area contributed by atoms with Crippen LogP contribution in [-0.4, -0.2) is 11.0 Å². The monoisotopic (exact) mass is 252 g/mol. The van der Waals surface area contributed by atoms with E-state index in [0.29, 0.717) is 0 Å². The SMILES string of the molecule is CC(N)Cc1ccc2c(Br)c[nH]c2c1. The molecule has 1 aromatic heterocycles. The van der Waals surface area contributed by atoms with E-state index in [2.05, 4.69) is 39.1 Å². The molecule has 0 aliphatic rings. The normalized spacial score (nSPS) is 13.4. The molecule has 0 saturated carbocycles. The highest BCUT2D eigenvalue weighted by molar-refractivity contribution is 9.10. The summed E-state index contributed by atoms with van der Waals surface area (Å²) in [5, 5.41) is 1.22. The van der Waals surface area contributed by atoms with E-state index in [0.717, 1.165) is 16.4 Å². The molecule has 1 heterocycles. The van der Waals surface area contributed by atoms with E-state index in [-0.39, 0.29) is 6.04 Å². The van der Waals surface area contributed by atoms with Gasteiger partial charge in [0.2, 0.25) is 0 Å². The van der Waals surface area contributed by atoms with Crippen molar-refractivity contribution in [2.45, 2.75) is 19.4 Å². The standard InChI is InChI=1S/C11H13BrN2/c1-7(13)4-8-2-3-9-10(12)6-14-11(9)5-8/h2-3,5-7,14H,4,13H2,1H3. The number of rotatable bonds is 2. The predicted molar refractivity (Wildman–Crippen MR) is 63.4 cm³/mol. The maximum Gasteiger partial charge on any atom is 0.0468 e. The molecule has 0 bridgehead atoms. The molecule has 1 aromatic carbocycles. The first-order valence-electron chi connectivity index (χ1n) is 4.68. The summed E-state index contributed by atoms with van der Waals surface area (Å²) < 4.78 is 1.11. The molecule has 3 N–H and O–H groups in total. The van der Waals surface area contributed by atoms with E-state index in [4.69, 9.17) is 5.73 Å². The number of hydrogen-bond donors (Lipinski definition) is 2. The van der Waals surface area contributed by atoms with Crippen LogP contribution in [0.25, 0.3) is 10.9 Å². The maximum absolute atomic E-state index is 5.75. The quantitative estimate of drug-likeness (QED) is 0.849. The van der Waals surface area contributed by atoms with Gasteiger partial charge in [0, 0.05) is 27.6 Å². The Morgan fingerprint density at radius 1 is 1.50 bits per heavy atom. The van der Waals surface area contributed by atoms with Crippen LogP contribution in [0.2, 0.25) is 0 Å². The molecule has 0 saturated heterocycles. The number of hydrogen-bond acceptors (Lipinski definition) is 1. The Hall–Kier alpha value is -0.800. The Morgan fingerprint density at radius 3 is 3.00 bits per heavy atom. The van der Waals surface area contributed by atoms with Crippen molar-refractivity contribution in [1.29, 1.82) is 0 Å². The lowest BCUT2D eigenvalue weighted by Gasteiger charge is -2.04. The average molecular weight is 253 g/mol. The number of aromatic nitrogens is 1. The van der Waals surface area contributed by atoms with Crippen molar-refractivity contribution in [1.82, 2.24) is 4.98 Å². The summed E-state index contributed by atoms with van der Waals surface area (Å²) in [5.74, 6) is 0. The number of halogens is 1. The van der Waals surface area contributed by atoms with E-state index in [1.165, 1.54) is 10.9 Å². The van der Waals surface area contributed by atoms with E-state index in [1.54, 1.807) is 0 Å². The average Bonchev–Trinajstić information content (AvgIpc) is 2.46. The van der Waals surface area contributed by atoms with Gasteiger partial charge in [0.25, 0.3) is 0 Å². The Balaban J connectivity index is 2.42. The second-order valence-corrected chi connectivity index (χ2v) is 4.55. The van der Waals surface area contributed by atoms with Crippen LogP contribution in [0, 0.1) is 0 Å². The lowest BCUT2D eigenvalue weighted by atomic mass is 10.1. The third-order valence-corrected chi connectivity index (χ3v) is 2.91. The summed E-state index contributed by atoms with van der Waals surface area (Å²) in [6.45, 7) is 2.02. The van der Waals surface area contributed by atoms with Gasteiger partial charge < -0.3 is 10.7 Å². The molecule has 0 radical (unpaired) electrons. The number of H-pyrrole nitrogens is 1. The minimum absolute atomic E-state index is 0.214. The predicted octanol–water partition coefficient (Wildman–Crippen LogP) is 2.82. The van der Waals surface area contributed by atoms with Crippen LogP contribution in [-0.2, 0) is 6.42 Å². The highest BCUT2D eigenvalue weighted by Crippen LogP contribution is 2.24. The minimum Gasteiger partial charge on any atom is -0.360 e. The van der Waals surface area contributed by atoms with Crippen molar-refractivity contribution in [2.75, 3.05) is 0 Å². The van der Waals surface area contributed by atoms with E-state index in [1.807, 2.05) is 13.1 Å². The van der Waals surface area contributed by atoms with E-state index >= 15 is 0 Å². The largest absolute Gasteiger partial charge is 0.360 e. The number of benzene rings is 1. The summed E-state index contributed by atoms with van der Waals surface area (Å²) in [6, 6.07) is 6.62. The molecule has 2 nitrogen and oxygen atoms in total. The first kappa shape index (κ1) is 9.74. The van der Waals surface area contributed by atoms with Crippen LogP contribution < -0.4 is 5.73 Å². The molecule has 0 fully saturated rings. The van der Waals surface area contributed by atoms with Gasteiger partial charge in [-0.1, -0.05) is 12.1 Å². The molecule has 14 heavy (non-hydrogen) atoms. The fourth-order valence-corrected chi connectivity index (χ4v) is 2.10. The van der Waals surface area contributed by atoms with Crippen molar-refractivity contribution in [3.8, 4) is 0 Å². The number of aromatic amines is 1. The maximum atomic E-state index is 5.75. The lowest BCUT2D eigenvalue weighted by molar-refractivity contribution is 0.739. The molecule has 1 unspecified atom stereocenters. The van der Waals surface area contributed by atoms with Crippen molar-refractivity contribution in [2.24, 2.45) is 5.73 Å². The van der Waals surface area contributed by atoms with Gasteiger partial charge >= 0.3 is 0 Å². The van der Waals surface area contributed by atoms with E-state index < -0.39 is 0 Å². The molecular weight excluding hydrogens is 240 g/mol. The van der Waals surface area contributed by atoms with Crippen molar-refractivity contribution in [3.05, 3.63) is 34.4 Å². The molecule has 0 spiro atoms. The topological polar surface area (TPSA) is 41.8 Å².